The van der Waals surface area contributed by atoms with Gasteiger partial charge in [0, 0.05) is 30.6 Å². The molecule has 1 fully saturated rings. The third-order valence-corrected chi connectivity index (χ3v) is 6.30. The van der Waals surface area contributed by atoms with Crippen molar-refractivity contribution >= 4 is 16.9 Å². The van der Waals surface area contributed by atoms with Gasteiger partial charge < -0.3 is 20.8 Å². The molecular weight excluding hydrogens is 364 g/mol. The summed E-state index contributed by atoms with van der Waals surface area (Å²) >= 11 is 0. The van der Waals surface area contributed by atoms with E-state index in [9.17, 15) is 4.79 Å². The summed E-state index contributed by atoms with van der Waals surface area (Å²) in [4.78, 5) is 20.7. The predicted molar refractivity (Wildman–Crippen MR) is 114 cm³/mol. The molecule has 2 aromatic carbocycles. The molecule has 2 atom stereocenters. The minimum Gasteiger partial charge on any atom is -0.378 e. The van der Waals surface area contributed by atoms with Crippen molar-refractivity contribution in [1.82, 2.24) is 15.3 Å². The Kier molecular flexibility index (Phi) is 4.92. The Hall–Kier alpha value is -2.70. The van der Waals surface area contributed by atoms with Crippen molar-refractivity contribution in [3.8, 4) is 11.4 Å². The van der Waals surface area contributed by atoms with E-state index in [0.29, 0.717) is 19.6 Å². The molecule has 1 aromatic heterocycles. The van der Waals surface area contributed by atoms with Crippen LogP contribution in [0.15, 0.2) is 48.5 Å². The molecule has 0 spiro atoms. The Labute approximate surface area is 170 Å². The topological polar surface area (TPSA) is 93.0 Å². The third kappa shape index (κ3) is 3.32. The summed E-state index contributed by atoms with van der Waals surface area (Å²) in [5.41, 5.74) is 9.13. The first-order chi connectivity index (χ1) is 13.8. The van der Waals surface area contributed by atoms with Crippen molar-refractivity contribution in [3.05, 3.63) is 54.1 Å². The van der Waals surface area contributed by atoms with Crippen LogP contribution in [-0.4, -0.2) is 34.1 Å². The minimum absolute atomic E-state index is 0.0198. The van der Waals surface area contributed by atoms with Crippen LogP contribution in [0.25, 0.3) is 22.4 Å². The molecule has 29 heavy (non-hydrogen) atoms. The standard InChI is InChI=1S/C23H28N4O2/c1-4-29-19-13-23(24,22(19,2)3)21(28)25-14-15-9-11-16(12-10-15)20-26-17-7-5-6-8-18(17)27-20/h5-12,19H,4,13-14,24H2,1-3H3,(H,25,28)(H,26,27). The molecule has 6 nitrogen and oxygen atoms in total. The average molecular weight is 393 g/mol. The Morgan fingerprint density at radius 1 is 1.24 bits per heavy atom. The molecule has 152 valence electrons. The first-order valence-electron chi connectivity index (χ1n) is 10.1. The van der Waals surface area contributed by atoms with Crippen molar-refractivity contribution < 1.29 is 9.53 Å². The van der Waals surface area contributed by atoms with Crippen molar-refractivity contribution in [2.75, 3.05) is 6.61 Å². The SMILES string of the molecule is CCOC1CC(N)(C(=O)NCc2ccc(-c3nc4ccccc4[nH]3)cc2)C1(C)C. The zero-order valence-electron chi connectivity index (χ0n) is 17.2. The van der Waals surface area contributed by atoms with Crippen molar-refractivity contribution in [2.45, 2.75) is 45.4 Å². The molecule has 0 bridgehead atoms. The van der Waals surface area contributed by atoms with Crippen LogP contribution in [0.2, 0.25) is 0 Å². The molecule has 1 amide bonds. The largest absolute Gasteiger partial charge is 0.378 e. The van der Waals surface area contributed by atoms with Gasteiger partial charge in [-0.2, -0.15) is 0 Å². The van der Waals surface area contributed by atoms with E-state index in [1.165, 1.54) is 0 Å². The van der Waals surface area contributed by atoms with Gasteiger partial charge in [0.2, 0.25) is 5.91 Å². The lowest BCUT2D eigenvalue weighted by molar-refractivity contribution is -0.170. The van der Waals surface area contributed by atoms with E-state index in [1.807, 2.05) is 69.3 Å². The van der Waals surface area contributed by atoms with Crippen LogP contribution >= 0.6 is 0 Å². The van der Waals surface area contributed by atoms with Gasteiger partial charge in [0.25, 0.3) is 0 Å². The van der Waals surface area contributed by atoms with Crippen LogP contribution in [0.1, 0.15) is 32.8 Å². The zero-order chi connectivity index (χ0) is 20.6. The number of para-hydroxylation sites is 2. The Balaban J connectivity index is 1.40. The molecule has 0 radical (unpaired) electrons. The summed E-state index contributed by atoms with van der Waals surface area (Å²) in [6.07, 6.45) is 0.566. The van der Waals surface area contributed by atoms with Crippen LogP contribution in [0.4, 0.5) is 0 Å². The van der Waals surface area contributed by atoms with Gasteiger partial charge in [0.15, 0.2) is 0 Å². The maximum atomic E-state index is 12.8. The monoisotopic (exact) mass is 392 g/mol. The molecule has 3 aromatic rings. The molecule has 1 heterocycles. The molecule has 4 N–H and O–H groups in total. The van der Waals surface area contributed by atoms with Gasteiger partial charge in [-0.3, -0.25) is 4.79 Å². The molecule has 1 aliphatic rings. The van der Waals surface area contributed by atoms with Crippen molar-refractivity contribution in [1.29, 1.82) is 0 Å². The summed E-state index contributed by atoms with van der Waals surface area (Å²) in [6, 6.07) is 16.0. The number of hydrogen-bond acceptors (Lipinski definition) is 4. The highest BCUT2D eigenvalue weighted by atomic mass is 16.5. The number of nitrogens with zero attached hydrogens (tertiary/aromatic N) is 1. The van der Waals surface area contributed by atoms with E-state index in [4.69, 9.17) is 10.5 Å². The van der Waals surface area contributed by atoms with E-state index in [1.54, 1.807) is 0 Å². The van der Waals surface area contributed by atoms with Gasteiger partial charge >= 0.3 is 0 Å². The van der Waals surface area contributed by atoms with Gasteiger partial charge in [0.1, 0.15) is 11.4 Å². The quantitative estimate of drug-likeness (QED) is 0.599. The number of nitrogens with one attached hydrogen (secondary N) is 2. The lowest BCUT2D eigenvalue weighted by atomic mass is 9.54. The number of carbonyl (C=O) groups is 1. The number of hydrogen-bond donors (Lipinski definition) is 3. The molecule has 2 unspecified atom stereocenters. The van der Waals surface area contributed by atoms with Crippen molar-refractivity contribution in [3.63, 3.8) is 0 Å². The van der Waals surface area contributed by atoms with Gasteiger partial charge in [-0.1, -0.05) is 50.2 Å². The molecule has 1 saturated carbocycles. The maximum Gasteiger partial charge on any atom is 0.241 e. The molecule has 0 aliphatic heterocycles. The Morgan fingerprint density at radius 3 is 2.62 bits per heavy atom. The highest BCUT2D eigenvalue weighted by molar-refractivity contribution is 5.88. The molecule has 4 rings (SSSR count). The fourth-order valence-corrected chi connectivity index (χ4v) is 4.03. The maximum absolute atomic E-state index is 12.8. The van der Waals surface area contributed by atoms with E-state index in [2.05, 4.69) is 15.3 Å². The second-order valence-corrected chi connectivity index (χ2v) is 8.32. The van der Waals surface area contributed by atoms with Gasteiger partial charge in [0.05, 0.1) is 17.1 Å². The smallest absolute Gasteiger partial charge is 0.241 e. The number of ether oxygens (including phenoxy) is 1. The van der Waals surface area contributed by atoms with Crippen LogP contribution < -0.4 is 11.1 Å². The summed E-state index contributed by atoms with van der Waals surface area (Å²) in [5.74, 6) is 0.709. The number of amides is 1. The van der Waals surface area contributed by atoms with Crippen LogP contribution in [0, 0.1) is 5.41 Å². The number of aromatic amines is 1. The number of fused-ring (bicyclic) bond motifs is 1. The first kappa shape index (κ1) is 19.6. The first-order valence-corrected chi connectivity index (χ1v) is 10.1. The number of benzene rings is 2. The third-order valence-electron chi connectivity index (χ3n) is 6.30. The van der Waals surface area contributed by atoms with Gasteiger partial charge in [-0.15, -0.1) is 0 Å². The lowest BCUT2D eigenvalue weighted by Crippen LogP contribution is -2.75. The van der Waals surface area contributed by atoms with E-state index >= 15 is 0 Å². The summed E-state index contributed by atoms with van der Waals surface area (Å²) < 4.78 is 5.71. The minimum atomic E-state index is -0.902. The number of H-pyrrole nitrogens is 1. The molecule has 6 heteroatoms. The van der Waals surface area contributed by atoms with Crippen LogP contribution in [0.3, 0.4) is 0 Å². The van der Waals surface area contributed by atoms with Gasteiger partial charge in [-0.05, 0) is 24.6 Å². The van der Waals surface area contributed by atoms with E-state index in [0.717, 1.165) is 28.0 Å². The fraction of sp³-hybridized carbons (Fsp3) is 0.391. The van der Waals surface area contributed by atoms with Crippen LogP contribution in [0.5, 0.6) is 0 Å². The Bertz CT molecular complexity index is 992. The van der Waals surface area contributed by atoms with Crippen LogP contribution in [-0.2, 0) is 16.1 Å². The second kappa shape index (κ2) is 7.28. The normalized spacial score (nSPS) is 23.0. The molecule has 1 aliphatic carbocycles. The number of rotatable bonds is 6. The summed E-state index contributed by atoms with van der Waals surface area (Å²) in [6.45, 7) is 7.02. The van der Waals surface area contributed by atoms with Gasteiger partial charge in [-0.25, -0.2) is 4.98 Å². The second-order valence-electron chi connectivity index (χ2n) is 8.32. The highest BCUT2D eigenvalue weighted by Crippen LogP contribution is 2.49. The summed E-state index contributed by atoms with van der Waals surface area (Å²) in [5, 5.41) is 3.00. The lowest BCUT2D eigenvalue weighted by Gasteiger charge is -2.57. The van der Waals surface area contributed by atoms with Crippen molar-refractivity contribution in [2.24, 2.45) is 11.1 Å². The van der Waals surface area contributed by atoms with E-state index in [-0.39, 0.29) is 12.0 Å². The van der Waals surface area contributed by atoms with E-state index < -0.39 is 11.0 Å². The number of nitrogens with two attached hydrogens (primary N) is 1. The zero-order valence-corrected chi connectivity index (χ0v) is 17.2. The summed E-state index contributed by atoms with van der Waals surface area (Å²) in [7, 11) is 0. The highest BCUT2D eigenvalue weighted by Gasteiger charge is 2.62. The fourth-order valence-electron chi connectivity index (χ4n) is 4.03. The number of aromatic nitrogens is 2. The predicted octanol–water partition coefficient (Wildman–Crippen LogP) is 3.38. The Morgan fingerprint density at radius 2 is 1.97 bits per heavy atom. The molecule has 0 saturated heterocycles. The average Bonchev–Trinajstić information content (AvgIpc) is 3.16. The number of imidazole rings is 1. The molecular formula is C23H28N4O2. The number of carbonyl (C=O) groups excluding carboxylic acids is 1.